The van der Waals surface area contributed by atoms with E-state index in [1.165, 1.54) is 0 Å². The summed E-state index contributed by atoms with van der Waals surface area (Å²) in [5.41, 5.74) is 6.19. The van der Waals surface area contributed by atoms with E-state index in [1.807, 2.05) is 0 Å². The summed E-state index contributed by atoms with van der Waals surface area (Å²) < 4.78 is 0. The molecule has 4 N–H and O–H groups in total. The summed E-state index contributed by atoms with van der Waals surface area (Å²) in [6.07, 6.45) is 1.51. The van der Waals surface area contributed by atoms with Gasteiger partial charge in [0.1, 0.15) is 5.15 Å². The van der Waals surface area contributed by atoms with Crippen molar-refractivity contribution < 1.29 is 9.90 Å². The zero-order chi connectivity index (χ0) is 9.14. The Morgan fingerprint density at radius 2 is 2.50 bits per heavy atom. The Balaban J connectivity index is 2.71. The van der Waals surface area contributed by atoms with E-state index in [-0.39, 0.29) is 6.42 Å². The highest BCUT2D eigenvalue weighted by Gasteiger charge is 2.13. The predicted molar refractivity (Wildman–Crippen MR) is 45.0 cm³/mol. The zero-order valence-corrected chi connectivity index (χ0v) is 7.01. The quantitative estimate of drug-likeness (QED) is 0.666. The lowest BCUT2D eigenvalue weighted by atomic mass is 10.1. The predicted octanol–water partition coefficient (Wildman–Crippen LogP) is 1.14. The number of carboxylic acid groups (broad SMARTS) is 1. The molecule has 1 atom stereocenters. The van der Waals surface area contributed by atoms with Gasteiger partial charge in [0.15, 0.2) is 0 Å². The summed E-state index contributed by atoms with van der Waals surface area (Å²) in [4.78, 5) is 13.0. The molecule has 0 spiro atoms. The molecule has 0 saturated carbocycles. The summed E-state index contributed by atoms with van der Waals surface area (Å²) in [7, 11) is 0. The van der Waals surface area contributed by atoms with Crippen molar-refractivity contribution in [2.75, 3.05) is 0 Å². The second-order valence-electron chi connectivity index (χ2n) is 2.45. The minimum atomic E-state index is -0.931. The molecule has 0 aliphatic heterocycles. The second kappa shape index (κ2) is 3.60. The summed E-state index contributed by atoms with van der Waals surface area (Å²) in [6, 6.07) is 1.14. The molecule has 1 rings (SSSR count). The van der Waals surface area contributed by atoms with Gasteiger partial charge in [0, 0.05) is 17.8 Å². The van der Waals surface area contributed by atoms with Gasteiger partial charge in [0.25, 0.3) is 0 Å². The highest BCUT2D eigenvalue weighted by Crippen LogP contribution is 2.21. The number of rotatable bonds is 3. The first-order chi connectivity index (χ1) is 5.61. The third kappa shape index (κ3) is 1.99. The van der Waals surface area contributed by atoms with Crippen molar-refractivity contribution in [2.24, 2.45) is 5.73 Å². The van der Waals surface area contributed by atoms with E-state index in [4.69, 9.17) is 22.4 Å². The average Bonchev–Trinajstić information content (AvgIpc) is 2.33. The molecule has 0 aliphatic carbocycles. The van der Waals surface area contributed by atoms with E-state index in [9.17, 15) is 4.79 Å². The fourth-order valence-electron chi connectivity index (χ4n) is 0.946. The van der Waals surface area contributed by atoms with Crippen molar-refractivity contribution in [3.63, 3.8) is 0 Å². The Labute approximate surface area is 74.3 Å². The van der Waals surface area contributed by atoms with Crippen LogP contribution in [0.3, 0.4) is 0 Å². The number of halogens is 1. The number of nitrogens with one attached hydrogen (secondary N) is 1. The first-order valence-corrected chi connectivity index (χ1v) is 3.79. The molecule has 66 valence electrons. The van der Waals surface area contributed by atoms with Gasteiger partial charge in [-0.25, -0.2) is 0 Å². The molecule has 0 bridgehead atoms. The van der Waals surface area contributed by atoms with Crippen LogP contribution >= 0.6 is 11.6 Å². The second-order valence-corrected chi connectivity index (χ2v) is 2.83. The van der Waals surface area contributed by atoms with Crippen LogP contribution in [0.2, 0.25) is 5.15 Å². The van der Waals surface area contributed by atoms with Crippen molar-refractivity contribution in [2.45, 2.75) is 12.5 Å². The largest absolute Gasteiger partial charge is 0.481 e. The average molecular weight is 189 g/mol. The van der Waals surface area contributed by atoms with Gasteiger partial charge in [-0.15, -0.1) is 0 Å². The third-order valence-electron chi connectivity index (χ3n) is 1.52. The Kier molecular flexibility index (Phi) is 2.73. The lowest BCUT2D eigenvalue weighted by molar-refractivity contribution is -0.137. The van der Waals surface area contributed by atoms with Crippen LogP contribution in [0.5, 0.6) is 0 Å². The van der Waals surface area contributed by atoms with E-state index >= 15 is 0 Å². The number of aromatic nitrogens is 1. The lowest BCUT2D eigenvalue weighted by Gasteiger charge is -2.06. The fraction of sp³-hybridized carbons (Fsp3) is 0.286. The first-order valence-electron chi connectivity index (χ1n) is 3.41. The molecule has 0 aliphatic rings. The molecule has 1 aromatic heterocycles. The van der Waals surface area contributed by atoms with E-state index in [0.29, 0.717) is 10.7 Å². The molecule has 1 heterocycles. The van der Waals surface area contributed by atoms with Crippen molar-refractivity contribution in [1.82, 2.24) is 4.98 Å². The van der Waals surface area contributed by atoms with Gasteiger partial charge in [-0.05, 0) is 6.07 Å². The van der Waals surface area contributed by atoms with Gasteiger partial charge in [0.2, 0.25) is 0 Å². The molecule has 0 saturated heterocycles. The molecule has 0 fully saturated rings. The van der Waals surface area contributed by atoms with Gasteiger partial charge in [-0.1, -0.05) is 11.6 Å². The van der Waals surface area contributed by atoms with Crippen molar-refractivity contribution in [1.29, 1.82) is 0 Å². The summed E-state index contributed by atoms with van der Waals surface area (Å²) in [5, 5.41) is 8.85. The molecule has 12 heavy (non-hydrogen) atoms. The van der Waals surface area contributed by atoms with E-state index in [0.717, 1.165) is 0 Å². The molecule has 1 aromatic rings. The molecule has 0 aromatic carbocycles. The smallest absolute Gasteiger partial charge is 0.305 e. The SMILES string of the molecule is NC(CC(=O)O)c1cc[nH]c1Cl. The normalized spacial score (nSPS) is 12.8. The van der Waals surface area contributed by atoms with Crippen LogP contribution in [0.1, 0.15) is 18.0 Å². The summed E-state index contributed by atoms with van der Waals surface area (Å²) >= 11 is 5.69. The number of H-pyrrole nitrogens is 1. The van der Waals surface area contributed by atoms with Gasteiger partial charge >= 0.3 is 5.97 Å². The van der Waals surface area contributed by atoms with Gasteiger partial charge in [0.05, 0.1) is 6.42 Å². The maximum absolute atomic E-state index is 10.3. The van der Waals surface area contributed by atoms with Crippen molar-refractivity contribution >= 4 is 17.6 Å². The molecule has 0 amide bonds. The number of carboxylic acids is 1. The molecule has 4 nitrogen and oxygen atoms in total. The Hall–Kier alpha value is -1.00. The van der Waals surface area contributed by atoms with E-state index in [2.05, 4.69) is 4.98 Å². The van der Waals surface area contributed by atoms with Crippen molar-refractivity contribution in [3.05, 3.63) is 23.0 Å². The van der Waals surface area contributed by atoms with Gasteiger partial charge in [-0.2, -0.15) is 0 Å². The number of carbonyl (C=O) groups is 1. The Morgan fingerprint density at radius 3 is 2.92 bits per heavy atom. The summed E-state index contributed by atoms with van der Waals surface area (Å²) in [6.45, 7) is 0. The minimum Gasteiger partial charge on any atom is -0.481 e. The highest BCUT2D eigenvalue weighted by molar-refractivity contribution is 6.30. The van der Waals surface area contributed by atoms with E-state index in [1.54, 1.807) is 12.3 Å². The Morgan fingerprint density at radius 1 is 1.83 bits per heavy atom. The zero-order valence-electron chi connectivity index (χ0n) is 6.25. The van der Waals surface area contributed by atoms with Crippen LogP contribution in [0, 0.1) is 0 Å². The van der Waals surface area contributed by atoms with Crippen LogP contribution in [0.25, 0.3) is 0 Å². The van der Waals surface area contributed by atoms with Crippen LogP contribution in [0.4, 0.5) is 0 Å². The summed E-state index contributed by atoms with van der Waals surface area (Å²) in [5.74, 6) is -0.931. The number of hydrogen-bond acceptors (Lipinski definition) is 2. The molecule has 1 unspecified atom stereocenters. The number of nitrogens with two attached hydrogens (primary N) is 1. The lowest BCUT2D eigenvalue weighted by Crippen LogP contribution is -2.14. The van der Waals surface area contributed by atoms with Crippen LogP contribution < -0.4 is 5.73 Å². The minimum absolute atomic E-state index is 0.114. The molecular weight excluding hydrogens is 180 g/mol. The standard InChI is InChI=1S/C7H9ClN2O2/c8-7-4(1-2-10-7)5(9)3-6(11)12/h1-2,5,10H,3,9H2,(H,11,12). The van der Waals surface area contributed by atoms with E-state index < -0.39 is 12.0 Å². The van der Waals surface area contributed by atoms with Crippen LogP contribution in [-0.4, -0.2) is 16.1 Å². The maximum Gasteiger partial charge on any atom is 0.305 e. The first kappa shape index (κ1) is 9.09. The number of aromatic amines is 1. The van der Waals surface area contributed by atoms with Crippen LogP contribution in [0.15, 0.2) is 12.3 Å². The number of aliphatic carboxylic acids is 1. The monoisotopic (exact) mass is 188 g/mol. The topological polar surface area (TPSA) is 79.1 Å². The molecule has 5 heteroatoms. The number of hydrogen-bond donors (Lipinski definition) is 3. The van der Waals surface area contributed by atoms with Gasteiger partial charge in [-0.3, -0.25) is 4.79 Å². The van der Waals surface area contributed by atoms with Crippen molar-refractivity contribution in [3.8, 4) is 0 Å². The fourth-order valence-corrected chi connectivity index (χ4v) is 1.21. The molecular formula is C7H9ClN2O2. The Bertz CT molecular complexity index is 285. The molecule has 0 radical (unpaired) electrons. The highest BCUT2D eigenvalue weighted by atomic mass is 35.5. The maximum atomic E-state index is 10.3. The van der Waals surface area contributed by atoms with Crippen LogP contribution in [-0.2, 0) is 4.79 Å². The van der Waals surface area contributed by atoms with Gasteiger partial charge < -0.3 is 15.8 Å². The third-order valence-corrected chi connectivity index (χ3v) is 1.85.